The summed E-state index contributed by atoms with van der Waals surface area (Å²) in [7, 11) is 0. The summed E-state index contributed by atoms with van der Waals surface area (Å²) in [6.45, 7) is 1.64. The lowest BCUT2D eigenvalue weighted by Gasteiger charge is -2.02. The zero-order valence-electron chi connectivity index (χ0n) is 9.76. The molecular weight excluding hydrogens is 214 g/mol. The van der Waals surface area contributed by atoms with E-state index in [1.165, 1.54) is 5.56 Å². The van der Waals surface area contributed by atoms with Gasteiger partial charge in [0.05, 0.1) is 13.2 Å². The third-order valence-electron chi connectivity index (χ3n) is 2.54. The molecule has 0 radical (unpaired) electrons. The van der Waals surface area contributed by atoms with Crippen LogP contribution in [-0.2, 0) is 24.3 Å². The standard InChI is InChI=1S/C14H17NO2/c15-10-13-6-7-14(17-13)11-16-9-8-12-4-2-1-3-5-12/h1-7H,8-11,15H2. The van der Waals surface area contributed by atoms with Crippen LogP contribution in [0.3, 0.4) is 0 Å². The largest absolute Gasteiger partial charge is 0.462 e. The summed E-state index contributed by atoms with van der Waals surface area (Å²) < 4.78 is 11.0. The van der Waals surface area contributed by atoms with Gasteiger partial charge in [-0.2, -0.15) is 0 Å². The van der Waals surface area contributed by atoms with Crippen molar-refractivity contribution < 1.29 is 9.15 Å². The van der Waals surface area contributed by atoms with Crippen molar-refractivity contribution in [3.05, 3.63) is 59.5 Å². The highest BCUT2D eigenvalue weighted by atomic mass is 16.5. The second kappa shape index (κ2) is 6.23. The molecule has 2 aromatic rings. The minimum absolute atomic E-state index is 0.435. The third kappa shape index (κ3) is 3.73. The highest BCUT2D eigenvalue weighted by Gasteiger charge is 2.00. The zero-order valence-corrected chi connectivity index (χ0v) is 9.76. The molecule has 3 nitrogen and oxygen atoms in total. The van der Waals surface area contributed by atoms with Gasteiger partial charge in [0.15, 0.2) is 0 Å². The number of rotatable bonds is 6. The predicted molar refractivity (Wildman–Crippen MR) is 66.4 cm³/mol. The van der Waals surface area contributed by atoms with Crippen LogP contribution in [0.25, 0.3) is 0 Å². The van der Waals surface area contributed by atoms with Crippen LogP contribution in [-0.4, -0.2) is 6.61 Å². The SMILES string of the molecule is NCc1ccc(COCCc2ccccc2)o1. The monoisotopic (exact) mass is 231 g/mol. The first-order chi connectivity index (χ1) is 8.38. The Morgan fingerprint density at radius 2 is 1.76 bits per heavy atom. The topological polar surface area (TPSA) is 48.4 Å². The quantitative estimate of drug-likeness (QED) is 0.777. The molecule has 0 aliphatic carbocycles. The minimum atomic E-state index is 0.435. The van der Waals surface area contributed by atoms with Crippen LogP contribution in [0, 0.1) is 0 Å². The molecule has 0 amide bonds. The van der Waals surface area contributed by atoms with E-state index in [2.05, 4.69) is 12.1 Å². The molecule has 0 saturated carbocycles. The van der Waals surface area contributed by atoms with E-state index in [1.807, 2.05) is 30.3 Å². The Morgan fingerprint density at radius 1 is 1.00 bits per heavy atom. The molecule has 0 atom stereocenters. The maximum Gasteiger partial charge on any atom is 0.129 e. The molecule has 0 aliphatic heterocycles. The predicted octanol–water partition coefficient (Wildman–Crippen LogP) is 2.50. The van der Waals surface area contributed by atoms with Gasteiger partial charge in [-0.05, 0) is 24.1 Å². The average molecular weight is 231 g/mol. The second-order valence-corrected chi connectivity index (χ2v) is 3.86. The second-order valence-electron chi connectivity index (χ2n) is 3.86. The van der Waals surface area contributed by atoms with Gasteiger partial charge in [0, 0.05) is 0 Å². The molecule has 2 rings (SSSR count). The van der Waals surface area contributed by atoms with Crippen LogP contribution in [0.1, 0.15) is 17.1 Å². The summed E-state index contributed by atoms with van der Waals surface area (Å²) in [6.07, 6.45) is 0.922. The van der Waals surface area contributed by atoms with Crippen molar-refractivity contribution in [2.75, 3.05) is 6.61 Å². The van der Waals surface area contributed by atoms with Crippen molar-refractivity contribution in [2.24, 2.45) is 5.73 Å². The normalized spacial score (nSPS) is 10.6. The fourth-order valence-electron chi connectivity index (χ4n) is 1.62. The van der Waals surface area contributed by atoms with Crippen LogP contribution in [0.15, 0.2) is 46.9 Å². The van der Waals surface area contributed by atoms with Crippen LogP contribution < -0.4 is 5.73 Å². The van der Waals surface area contributed by atoms with E-state index in [0.717, 1.165) is 17.9 Å². The van der Waals surface area contributed by atoms with Crippen LogP contribution in [0.4, 0.5) is 0 Å². The summed E-state index contributed by atoms with van der Waals surface area (Å²) in [6, 6.07) is 14.1. The molecule has 0 bridgehead atoms. The van der Waals surface area contributed by atoms with Crippen LogP contribution in [0.5, 0.6) is 0 Å². The van der Waals surface area contributed by atoms with Gasteiger partial charge >= 0.3 is 0 Å². The zero-order chi connectivity index (χ0) is 11.9. The van der Waals surface area contributed by atoms with Crippen molar-refractivity contribution in [1.29, 1.82) is 0 Å². The summed E-state index contributed by atoms with van der Waals surface area (Å²) >= 11 is 0. The maximum atomic E-state index is 5.55. The van der Waals surface area contributed by atoms with E-state index in [-0.39, 0.29) is 0 Å². The van der Waals surface area contributed by atoms with Crippen molar-refractivity contribution in [3.8, 4) is 0 Å². The van der Waals surface area contributed by atoms with Crippen LogP contribution in [0.2, 0.25) is 0 Å². The van der Waals surface area contributed by atoms with Gasteiger partial charge in [0.25, 0.3) is 0 Å². The van der Waals surface area contributed by atoms with E-state index in [0.29, 0.717) is 19.8 Å². The molecule has 90 valence electrons. The lowest BCUT2D eigenvalue weighted by atomic mass is 10.2. The Hall–Kier alpha value is -1.58. The average Bonchev–Trinajstić information content (AvgIpc) is 2.84. The lowest BCUT2D eigenvalue weighted by molar-refractivity contribution is 0.108. The van der Waals surface area contributed by atoms with Gasteiger partial charge in [-0.15, -0.1) is 0 Å². The summed E-state index contributed by atoms with van der Waals surface area (Å²) in [5, 5.41) is 0. The first kappa shape index (κ1) is 11.9. The molecule has 1 aromatic heterocycles. The minimum Gasteiger partial charge on any atom is -0.462 e. The number of furan rings is 1. The Kier molecular flexibility index (Phi) is 4.36. The van der Waals surface area contributed by atoms with Gasteiger partial charge in [0.1, 0.15) is 18.1 Å². The molecule has 0 unspecified atom stereocenters. The van der Waals surface area contributed by atoms with Crippen LogP contribution >= 0.6 is 0 Å². The first-order valence-corrected chi connectivity index (χ1v) is 5.78. The Morgan fingerprint density at radius 3 is 2.47 bits per heavy atom. The van der Waals surface area contributed by atoms with Crippen molar-refractivity contribution >= 4 is 0 Å². The molecule has 0 saturated heterocycles. The highest BCUT2D eigenvalue weighted by Crippen LogP contribution is 2.08. The van der Waals surface area contributed by atoms with Gasteiger partial charge in [-0.1, -0.05) is 30.3 Å². The van der Waals surface area contributed by atoms with Gasteiger partial charge in [-0.25, -0.2) is 0 Å². The van der Waals surface area contributed by atoms with Gasteiger partial charge in [0.2, 0.25) is 0 Å². The number of benzene rings is 1. The fourth-order valence-corrected chi connectivity index (χ4v) is 1.62. The molecule has 0 spiro atoms. The number of hydrogen-bond donors (Lipinski definition) is 1. The van der Waals surface area contributed by atoms with Crippen molar-refractivity contribution in [2.45, 2.75) is 19.6 Å². The first-order valence-electron chi connectivity index (χ1n) is 5.78. The number of ether oxygens (including phenoxy) is 1. The van der Waals surface area contributed by atoms with E-state index < -0.39 is 0 Å². The molecule has 17 heavy (non-hydrogen) atoms. The maximum absolute atomic E-state index is 5.55. The van der Waals surface area contributed by atoms with Gasteiger partial charge < -0.3 is 14.9 Å². The Labute approximate surface area is 101 Å². The molecule has 2 N–H and O–H groups in total. The summed E-state index contributed by atoms with van der Waals surface area (Å²) in [4.78, 5) is 0. The molecule has 1 aromatic carbocycles. The Balaban J connectivity index is 1.69. The van der Waals surface area contributed by atoms with Crippen molar-refractivity contribution in [3.63, 3.8) is 0 Å². The fraction of sp³-hybridized carbons (Fsp3) is 0.286. The van der Waals surface area contributed by atoms with Gasteiger partial charge in [-0.3, -0.25) is 0 Å². The lowest BCUT2D eigenvalue weighted by Crippen LogP contribution is -1.98. The molecule has 1 heterocycles. The molecular formula is C14H17NO2. The third-order valence-corrected chi connectivity index (χ3v) is 2.54. The summed E-state index contributed by atoms with van der Waals surface area (Å²) in [5.41, 5.74) is 6.75. The van der Waals surface area contributed by atoms with E-state index in [1.54, 1.807) is 0 Å². The van der Waals surface area contributed by atoms with Crippen molar-refractivity contribution in [1.82, 2.24) is 0 Å². The number of hydrogen-bond acceptors (Lipinski definition) is 3. The smallest absolute Gasteiger partial charge is 0.129 e. The van der Waals surface area contributed by atoms with E-state index >= 15 is 0 Å². The summed E-state index contributed by atoms with van der Waals surface area (Å²) in [5.74, 6) is 1.63. The molecule has 0 fully saturated rings. The number of nitrogens with two attached hydrogens (primary N) is 1. The molecule has 0 aliphatic rings. The Bertz CT molecular complexity index is 436. The highest BCUT2D eigenvalue weighted by molar-refractivity contribution is 5.14. The molecule has 3 heteroatoms. The van der Waals surface area contributed by atoms with E-state index in [9.17, 15) is 0 Å². The van der Waals surface area contributed by atoms with E-state index in [4.69, 9.17) is 14.9 Å².